The van der Waals surface area contributed by atoms with Crippen LogP contribution in [0.2, 0.25) is 5.02 Å². The standard InChI is InChI=1S/C16H25ClN4O2/c1-16(2,3)23-15(22)21-7-5-6-12(11-21)10-20(4)14-18-8-13(17)9-19-14/h8-9,12H,5-7,10-11H2,1-4H3/t12-/m1/s1. The van der Waals surface area contributed by atoms with E-state index in [1.807, 2.05) is 32.7 Å². The van der Waals surface area contributed by atoms with Crippen LogP contribution in [0.25, 0.3) is 0 Å². The number of anilines is 1. The molecule has 1 atom stereocenters. The third-order valence-electron chi connectivity index (χ3n) is 3.65. The highest BCUT2D eigenvalue weighted by Gasteiger charge is 2.28. The first-order valence-corrected chi connectivity index (χ1v) is 8.29. The molecule has 0 spiro atoms. The van der Waals surface area contributed by atoms with E-state index in [9.17, 15) is 4.79 Å². The van der Waals surface area contributed by atoms with Crippen molar-refractivity contribution in [3.63, 3.8) is 0 Å². The van der Waals surface area contributed by atoms with Gasteiger partial charge < -0.3 is 14.5 Å². The molecule has 1 fully saturated rings. The summed E-state index contributed by atoms with van der Waals surface area (Å²) in [7, 11) is 1.95. The minimum Gasteiger partial charge on any atom is -0.444 e. The predicted octanol–water partition coefficient (Wildman–Crippen LogP) is 3.21. The van der Waals surface area contributed by atoms with Crippen LogP contribution in [0.3, 0.4) is 0 Å². The molecule has 7 heteroatoms. The van der Waals surface area contributed by atoms with E-state index >= 15 is 0 Å². The number of hydrogen-bond acceptors (Lipinski definition) is 5. The molecule has 1 saturated heterocycles. The average molecular weight is 341 g/mol. The van der Waals surface area contributed by atoms with Crippen molar-refractivity contribution in [2.45, 2.75) is 39.2 Å². The summed E-state index contributed by atoms with van der Waals surface area (Å²) in [5, 5.41) is 0.524. The van der Waals surface area contributed by atoms with E-state index in [2.05, 4.69) is 9.97 Å². The molecule has 1 aromatic heterocycles. The van der Waals surface area contributed by atoms with Gasteiger partial charge in [0, 0.05) is 26.7 Å². The van der Waals surface area contributed by atoms with Gasteiger partial charge in [0.05, 0.1) is 17.4 Å². The molecule has 0 aromatic carbocycles. The van der Waals surface area contributed by atoms with Crippen LogP contribution in [-0.4, -0.2) is 53.2 Å². The van der Waals surface area contributed by atoms with Crippen LogP contribution in [0.15, 0.2) is 12.4 Å². The molecule has 2 heterocycles. The Morgan fingerprint density at radius 1 is 1.43 bits per heavy atom. The monoisotopic (exact) mass is 340 g/mol. The Balaban J connectivity index is 1.90. The van der Waals surface area contributed by atoms with Gasteiger partial charge >= 0.3 is 6.09 Å². The minimum atomic E-state index is -0.460. The number of amides is 1. The Morgan fingerprint density at radius 2 is 2.09 bits per heavy atom. The Bertz CT molecular complexity index is 530. The Morgan fingerprint density at radius 3 is 2.70 bits per heavy atom. The van der Waals surface area contributed by atoms with Gasteiger partial charge in [0.25, 0.3) is 0 Å². The van der Waals surface area contributed by atoms with Gasteiger partial charge in [-0.25, -0.2) is 14.8 Å². The molecule has 0 saturated carbocycles. The van der Waals surface area contributed by atoms with E-state index in [0.29, 0.717) is 23.4 Å². The SMILES string of the molecule is CN(C[C@H]1CCCN(C(=O)OC(C)(C)C)C1)c1ncc(Cl)cn1. The van der Waals surface area contributed by atoms with E-state index in [4.69, 9.17) is 16.3 Å². The molecule has 128 valence electrons. The second kappa shape index (κ2) is 7.34. The maximum absolute atomic E-state index is 12.2. The Hall–Kier alpha value is -1.56. The minimum absolute atomic E-state index is 0.229. The number of carbonyl (C=O) groups excluding carboxylic acids is 1. The van der Waals surface area contributed by atoms with Gasteiger partial charge in [-0.1, -0.05) is 11.6 Å². The second-order valence-corrected chi connectivity index (χ2v) is 7.45. The second-order valence-electron chi connectivity index (χ2n) is 7.02. The largest absolute Gasteiger partial charge is 0.444 e. The van der Waals surface area contributed by atoms with Crippen LogP contribution in [0.5, 0.6) is 0 Å². The van der Waals surface area contributed by atoms with Gasteiger partial charge in [-0.2, -0.15) is 0 Å². The zero-order valence-corrected chi connectivity index (χ0v) is 15.0. The van der Waals surface area contributed by atoms with Crippen LogP contribution in [0.1, 0.15) is 33.6 Å². The number of rotatable bonds is 3. The lowest BCUT2D eigenvalue weighted by Gasteiger charge is -2.35. The maximum atomic E-state index is 12.2. The van der Waals surface area contributed by atoms with E-state index < -0.39 is 5.60 Å². The summed E-state index contributed by atoms with van der Waals surface area (Å²) in [6, 6.07) is 0. The van der Waals surface area contributed by atoms with E-state index in [1.54, 1.807) is 17.3 Å². The summed E-state index contributed by atoms with van der Waals surface area (Å²) >= 11 is 5.81. The summed E-state index contributed by atoms with van der Waals surface area (Å²) in [5.74, 6) is 1.02. The van der Waals surface area contributed by atoms with Gasteiger partial charge in [0.1, 0.15) is 5.60 Å². The Labute approximate surface area is 142 Å². The molecular formula is C16H25ClN4O2. The van der Waals surface area contributed by atoms with Crippen molar-refractivity contribution in [2.75, 3.05) is 31.6 Å². The fourth-order valence-corrected chi connectivity index (χ4v) is 2.78. The van der Waals surface area contributed by atoms with Crippen molar-refractivity contribution in [2.24, 2.45) is 5.92 Å². The summed E-state index contributed by atoms with van der Waals surface area (Å²) in [6.07, 6.45) is 5.02. The summed E-state index contributed by atoms with van der Waals surface area (Å²) in [5.41, 5.74) is -0.460. The molecule has 0 unspecified atom stereocenters. The van der Waals surface area contributed by atoms with Crippen molar-refractivity contribution < 1.29 is 9.53 Å². The first kappa shape index (κ1) is 17.8. The summed E-state index contributed by atoms with van der Waals surface area (Å²) in [6.45, 7) is 7.91. The quantitative estimate of drug-likeness (QED) is 0.845. The van der Waals surface area contributed by atoms with Crippen LogP contribution in [0, 0.1) is 5.92 Å². The number of halogens is 1. The zero-order valence-electron chi connectivity index (χ0n) is 14.3. The van der Waals surface area contributed by atoms with Crippen molar-refractivity contribution in [1.29, 1.82) is 0 Å². The molecule has 0 radical (unpaired) electrons. The van der Waals surface area contributed by atoms with Crippen LogP contribution in [0.4, 0.5) is 10.7 Å². The number of hydrogen-bond donors (Lipinski definition) is 0. The van der Waals surface area contributed by atoms with Gasteiger partial charge in [-0.3, -0.25) is 0 Å². The van der Waals surface area contributed by atoms with Crippen molar-refractivity contribution >= 4 is 23.6 Å². The lowest BCUT2D eigenvalue weighted by molar-refractivity contribution is 0.0170. The van der Waals surface area contributed by atoms with Gasteiger partial charge in [-0.15, -0.1) is 0 Å². The van der Waals surface area contributed by atoms with Gasteiger partial charge in [-0.05, 0) is 39.5 Å². The fraction of sp³-hybridized carbons (Fsp3) is 0.688. The van der Waals surface area contributed by atoms with E-state index in [0.717, 1.165) is 25.9 Å². The van der Waals surface area contributed by atoms with Crippen LogP contribution in [-0.2, 0) is 4.74 Å². The highest BCUT2D eigenvalue weighted by Crippen LogP contribution is 2.21. The third kappa shape index (κ3) is 5.53. The molecule has 1 aliphatic rings. The first-order valence-electron chi connectivity index (χ1n) is 7.91. The fourth-order valence-electron chi connectivity index (χ4n) is 2.68. The highest BCUT2D eigenvalue weighted by molar-refractivity contribution is 6.30. The third-order valence-corrected chi connectivity index (χ3v) is 3.85. The molecule has 6 nitrogen and oxygen atoms in total. The highest BCUT2D eigenvalue weighted by atomic mass is 35.5. The van der Waals surface area contributed by atoms with E-state index in [1.165, 1.54) is 0 Å². The molecule has 1 aromatic rings. The van der Waals surface area contributed by atoms with Crippen molar-refractivity contribution in [1.82, 2.24) is 14.9 Å². The number of piperidine rings is 1. The summed E-state index contributed by atoms with van der Waals surface area (Å²) < 4.78 is 5.46. The number of aromatic nitrogens is 2. The molecule has 0 aliphatic carbocycles. The first-order chi connectivity index (χ1) is 10.7. The number of carbonyl (C=O) groups is 1. The normalized spacial score (nSPS) is 18.7. The van der Waals surface area contributed by atoms with Crippen molar-refractivity contribution in [3.05, 3.63) is 17.4 Å². The maximum Gasteiger partial charge on any atom is 0.410 e. The van der Waals surface area contributed by atoms with E-state index in [-0.39, 0.29) is 6.09 Å². The average Bonchev–Trinajstić information content (AvgIpc) is 2.46. The van der Waals surface area contributed by atoms with Gasteiger partial charge in [0.15, 0.2) is 0 Å². The molecule has 23 heavy (non-hydrogen) atoms. The zero-order chi connectivity index (χ0) is 17.0. The number of likely N-dealkylation sites (tertiary alicyclic amines) is 1. The van der Waals surface area contributed by atoms with Crippen molar-refractivity contribution in [3.8, 4) is 0 Å². The number of ether oxygens (including phenoxy) is 1. The van der Waals surface area contributed by atoms with Crippen LogP contribution >= 0.6 is 11.6 Å². The molecule has 0 N–H and O–H groups in total. The summed E-state index contributed by atoms with van der Waals surface area (Å²) in [4.78, 5) is 24.5. The topological polar surface area (TPSA) is 58.6 Å². The van der Waals surface area contributed by atoms with Gasteiger partial charge in [0.2, 0.25) is 5.95 Å². The van der Waals surface area contributed by atoms with Crippen LogP contribution < -0.4 is 4.90 Å². The molecular weight excluding hydrogens is 316 g/mol. The predicted molar refractivity (Wildman–Crippen MR) is 90.8 cm³/mol. The lowest BCUT2D eigenvalue weighted by Crippen LogP contribution is -2.45. The Kier molecular flexibility index (Phi) is 5.68. The molecule has 1 amide bonds. The smallest absolute Gasteiger partial charge is 0.410 e. The molecule has 2 rings (SSSR count). The lowest BCUT2D eigenvalue weighted by atomic mass is 9.98. The number of nitrogens with zero attached hydrogens (tertiary/aromatic N) is 4. The molecule has 0 bridgehead atoms. The molecule has 1 aliphatic heterocycles.